The summed E-state index contributed by atoms with van der Waals surface area (Å²) in [6, 6.07) is 0. The third kappa shape index (κ3) is 2.58. The lowest BCUT2D eigenvalue weighted by Crippen LogP contribution is -2.47. The van der Waals surface area contributed by atoms with E-state index in [2.05, 4.69) is 32.4 Å². The second-order valence-corrected chi connectivity index (χ2v) is 5.94. The standard InChI is InChI=1S/C13H20N4S/c1-11(12-8-14-9-12)10-16-3-5-17(6-4-16)13-15-2-7-18-13/h2,7,14H,3-6,8-10H2,1H3. The first-order chi connectivity index (χ1) is 8.83. The predicted molar refractivity (Wildman–Crippen MR) is 76.3 cm³/mol. The van der Waals surface area contributed by atoms with Crippen LogP contribution in [0.4, 0.5) is 5.13 Å². The molecule has 4 nitrogen and oxygen atoms in total. The molecule has 2 aliphatic rings. The van der Waals surface area contributed by atoms with Crippen molar-refractivity contribution in [3.63, 3.8) is 0 Å². The molecule has 1 aromatic rings. The molecule has 3 heterocycles. The van der Waals surface area contributed by atoms with Gasteiger partial charge in [-0.05, 0) is 12.5 Å². The summed E-state index contributed by atoms with van der Waals surface area (Å²) in [5.41, 5.74) is 3.17. The molecular weight excluding hydrogens is 244 g/mol. The van der Waals surface area contributed by atoms with Crippen LogP contribution in [-0.2, 0) is 0 Å². The minimum atomic E-state index is 1.10. The fourth-order valence-corrected chi connectivity index (χ4v) is 3.17. The Morgan fingerprint density at radius 2 is 2.11 bits per heavy atom. The van der Waals surface area contributed by atoms with Crippen molar-refractivity contribution in [3.8, 4) is 0 Å². The molecule has 2 saturated heterocycles. The monoisotopic (exact) mass is 264 g/mol. The lowest BCUT2D eigenvalue weighted by atomic mass is 10.0. The molecule has 0 aliphatic carbocycles. The molecule has 0 bridgehead atoms. The summed E-state index contributed by atoms with van der Waals surface area (Å²) in [4.78, 5) is 9.34. The van der Waals surface area contributed by atoms with E-state index in [0.717, 1.165) is 45.8 Å². The zero-order chi connectivity index (χ0) is 12.4. The molecule has 0 radical (unpaired) electrons. The quantitative estimate of drug-likeness (QED) is 0.831. The number of piperazine rings is 1. The zero-order valence-electron chi connectivity index (χ0n) is 10.9. The van der Waals surface area contributed by atoms with Gasteiger partial charge in [-0.2, -0.15) is 0 Å². The van der Waals surface area contributed by atoms with E-state index in [4.69, 9.17) is 0 Å². The van der Waals surface area contributed by atoms with Crippen molar-refractivity contribution < 1.29 is 0 Å². The van der Waals surface area contributed by atoms with E-state index in [1.54, 1.807) is 22.5 Å². The Bertz CT molecular complexity index is 412. The van der Waals surface area contributed by atoms with E-state index in [-0.39, 0.29) is 0 Å². The number of anilines is 1. The number of hydrogen-bond donors (Lipinski definition) is 1. The average molecular weight is 264 g/mol. The van der Waals surface area contributed by atoms with E-state index < -0.39 is 0 Å². The van der Waals surface area contributed by atoms with Gasteiger partial charge < -0.3 is 10.2 Å². The number of rotatable bonds is 3. The van der Waals surface area contributed by atoms with Crippen LogP contribution in [-0.4, -0.2) is 55.7 Å². The van der Waals surface area contributed by atoms with Crippen molar-refractivity contribution in [2.75, 3.05) is 50.7 Å². The van der Waals surface area contributed by atoms with Gasteiger partial charge in [0, 0.05) is 57.4 Å². The molecule has 0 aromatic carbocycles. The largest absolute Gasteiger partial charge is 0.346 e. The van der Waals surface area contributed by atoms with Gasteiger partial charge in [-0.15, -0.1) is 11.3 Å². The first-order valence-electron chi connectivity index (χ1n) is 6.58. The summed E-state index contributed by atoms with van der Waals surface area (Å²) in [6.45, 7) is 10.1. The van der Waals surface area contributed by atoms with Gasteiger partial charge in [0.05, 0.1) is 0 Å². The Kier molecular flexibility index (Phi) is 3.63. The average Bonchev–Trinajstić information content (AvgIpc) is 2.81. The van der Waals surface area contributed by atoms with E-state index in [0.29, 0.717) is 0 Å². The third-order valence-corrected chi connectivity index (χ3v) is 4.64. The first-order valence-corrected chi connectivity index (χ1v) is 7.46. The molecular formula is C13H20N4S. The van der Waals surface area contributed by atoms with Crippen molar-refractivity contribution >= 4 is 16.5 Å². The lowest BCUT2D eigenvalue weighted by molar-refractivity contribution is 0.276. The smallest absolute Gasteiger partial charge is 0.185 e. The summed E-state index contributed by atoms with van der Waals surface area (Å²) in [6.07, 6.45) is 1.89. The Balaban J connectivity index is 1.51. The minimum Gasteiger partial charge on any atom is -0.346 e. The summed E-state index contributed by atoms with van der Waals surface area (Å²) < 4.78 is 0. The van der Waals surface area contributed by atoms with Gasteiger partial charge in [-0.25, -0.2) is 4.98 Å². The SMILES string of the molecule is CC(CN1CCN(c2nccs2)CC1)=C1CNC1. The fraction of sp³-hybridized carbons (Fsp3) is 0.615. The van der Waals surface area contributed by atoms with Gasteiger partial charge in [0.25, 0.3) is 0 Å². The van der Waals surface area contributed by atoms with Gasteiger partial charge >= 0.3 is 0 Å². The Morgan fingerprint density at radius 3 is 2.67 bits per heavy atom. The molecule has 98 valence electrons. The number of thiazole rings is 1. The van der Waals surface area contributed by atoms with Crippen LogP contribution in [0.1, 0.15) is 6.92 Å². The highest BCUT2D eigenvalue weighted by molar-refractivity contribution is 7.13. The van der Waals surface area contributed by atoms with Gasteiger partial charge in [-0.3, -0.25) is 4.90 Å². The summed E-state index contributed by atoms with van der Waals surface area (Å²) >= 11 is 1.74. The van der Waals surface area contributed by atoms with Crippen LogP contribution < -0.4 is 10.2 Å². The highest BCUT2D eigenvalue weighted by Gasteiger charge is 2.20. The third-order valence-electron chi connectivity index (χ3n) is 3.80. The first kappa shape index (κ1) is 12.1. The normalized spacial score (nSPS) is 20.9. The number of nitrogens with zero attached hydrogens (tertiary/aromatic N) is 3. The maximum atomic E-state index is 4.38. The number of hydrogen-bond acceptors (Lipinski definition) is 5. The van der Waals surface area contributed by atoms with Crippen LogP contribution in [0, 0.1) is 0 Å². The fourth-order valence-electron chi connectivity index (χ4n) is 2.47. The van der Waals surface area contributed by atoms with Crippen LogP contribution in [0.15, 0.2) is 22.7 Å². The molecule has 1 aromatic heterocycles. The highest BCUT2D eigenvalue weighted by Crippen LogP contribution is 2.19. The molecule has 18 heavy (non-hydrogen) atoms. The Hall–Kier alpha value is -0.910. The molecule has 0 amide bonds. The van der Waals surface area contributed by atoms with Gasteiger partial charge in [0.1, 0.15) is 0 Å². The van der Waals surface area contributed by atoms with Crippen LogP contribution in [0.2, 0.25) is 0 Å². The molecule has 5 heteroatoms. The zero-order valence-corrected chi connectivity index (χ0v) is 11.7. The molecule has 0 atom stereocenters. The van der Waals surface area contributed by atoms with Crippen molar-refractivity contribution in [2.45, 2.75) is 6.92 Å². The molecule has 1 N–H and O–H groups in total. The Labute approximate surface area is 112 Å². The van der Waals surface area contributed by atoms with Crippen LogP contribution >= 0.6 is 11.3 Å². The van der Waals surface area contributed by atoms with E-state index in [1.807, 2.05) is 6.20 Å². The van der Waals surface area contributed by atoms with Crippen molar-refractivity contribution in [1.29, 1.82) is 0 Å². The molecule has 2 aliphatic heterocycles. The van der Waals surface area contributed by atoms with Crippen LogP contribution in [0.25, 0.3) is 0 Å². The molecule has 2 fully saturated rings. The second kappa shape index (κ2) is 5.38. The number of nitrogens with one attached hydrogen (secondary N) is 1. The maximum Gasteiger partial charge on any atom is 0.185 e. The molecule has 0 unspecified atom stereocenters. The van der Waals surface area contributed by atoms with Crippen molar-refractivity contribution in [3.05, 3.63) is 22.7 Å². The van der Waals surface area contributed by atoms with Gasteiger partial charge in [0.15, 0.2) is 5.13 Å². The lowest BCUT2D eigenvalue weighted by Gasteiger charge is -2.35. The molecule has 3 rings (SSSR count). The molecule has 0 saturated carbocycles. The van der Waals surface area contributed by atoms with Crippen LogP contribution in [0.5, 0.6) is 0 Å². The van der Waals surface area contributed by atoms with E-state index >= 15 is 0 Å². The van der Waals surface area contributed by atoms with Crippen LogP contribution in [0.3, 0.4) is 0 Å². The Morgan fingerprint density at radius 1 is 1.33 bits per heavy atom. The summed E-state index contributed by atoms with van der Waals surface area (Å²) in [7, 11) is 0. The molecule has 0 spiro atoms. The summed E-state index contributed by atoms with van der Waals surface area (Å²) in [5.74, 6) is 0. The second-order valence-electron chi connectivity index (χ2n) is 5.07. The van der Waals surface area contributed by atoms with Crippen molar-refractivity contribution in [2.24, 2.45) is 0 Å². The summed E-state index contributed by atoms with van der Waals surface area (Å²) in [5, 5.41) is 6.54. The van der Waals surface area contributed by atoms with Gasteiger partial charge in [0.2, 0.25) is 0 Å². The van der Waals surface area contributed by atoms with E-state index in [9.17, 15) is 0 Å². The predicted octanol–water partition coefficient (Wildman–Crippen LogP) is 1.18. The van der Waals surface area contributed by atoms with E-state index in [1.165, 1.54) is 5.13 Å². The van der Waals surface area contributed by atoms with Gasteiger partial charge in [-0.1, -0.05) is 5.57 Å². The van der Waals surface area contributed by atoms with Crippen molar-refractivity contribution in [1.82, 2.24) is 15.2 Å². The minimum absolute atomic E-state index is 1.10. The highest BCUT2D eigenvalue weighted by atomic mass is 32.1. The topological polar surface area (TPSA) is 31.4 Å². The number of aromatic nitrogens is 1. The maximum absolute atomic E-state index is 4.38.